The topological polar surface area (TPSA) is 96.2 Å². The van der Waals surface area contributed by atoms with Crippen LogP contribution in [0.2, 0.25) is 0 Å². The number of aliphatic hydroxyl groups is 2. The van der Waals surface area contributed by atoms with Crippen molar-refractivity contribution in [1.82, 2.24) is 0 Å². The molecule has 0 spiro atoms. The number of likely N-dealkylation sites (N-methyl/N-ethyl adjacent to an activating group) is 1. The van der Waals surface area contributed by atoms with Crippen molar-refractivity contribution in [1.29, 1.82) is 0 Å². The fourth-order valence-electron chi connectivity index (χ4n) is 0.773. The van der Waals surface area contributed by atoms with Crippen molar-refractivity contribution in [3.8, 4) is 0 Å². The molecule has 0 aromatic rings. The van der Waals surface area contributed by atoms with E-state index in [0.29, 0.717) is 11.0 Å². The first kappa shape index (κ1) is 16.0. The molecule has 0 fully saturated rings. The summed E-state index contributed by atoms with van der Waals surface area (Å²) in [6.07, 6.45) is -1.10. The van der Waals surface area contributed by atoms with Crippen LogP contribution in [-0.4, -0.2) is 73.2 Å². The van der Waals surface area contributed by atoms with E-state index in [1.807, 2.05) is 21.1 Å². The monoisotopic (exact) mass is 258 g/mol. The summed E-state index contributed by atoms with van der Waals surface area (Å²) in [5.41, 5.74) is 0. The van der Waals surface area contributed by atoms with Gasteiger partial charge in [0.05, 0.1) is 34.4 Å². The Morgan fingerprint density at radius 2 is 1.75 bits per heavy atom. The van der Waals surface area contributed by atoms with E-state index in [-0.39, 0.29) is 6.61 Å². The molecule has 0 heterocycles. The van der Waals surface area contributed by atoms with Crippen LogP contribution in [0, 0.1) is 0 Å². The van der Waals surface area contributed by atoms with Gasteiger partial charge in [-0.25, -0.2) is 4.57 Å². The summed E-state index contributed by atoms with van der Waals surface area (Å²) >= 11 is 0. The molecule has 3 N–H and O–H groups in total. The standard InChI is InChI=1S/C8H20NO6P/c1-9(2,3)4-5-14-16(12,13)15-8(6-10)7-11/h8,10-11H,4-7H2,1-3H3/p+1. The van der Waals surface area contributed by atoms with E-state index in [1.165, 1.54) is 0 Å². The van der Waals surface area contributed by atoms with Crippen LogP contribution in [0.5, 0.6) is 0 Å². The predicted molar refractivity (Wildman–Crippen MR) is 57.7 cm³/mol. The van der Waals surface area contributed by atoms with Crippen molar-refractivity contribution in [2.75, 3.05) is 47.5 Å². The summed E-state index contributed by atoms with van der Waals surface area (Å²) in [4.78, 5) is 9.23. The lowest BCUT2D eigenvalue weighted by molar-refractivity contribution is -0.870. The summed E-state index contributed by atoms with van der Waals surface area (Å²) < 4.78 is 21.1. The molecule has 0 saturated carbocycles. The van der Waals surface area contributed by atoms with Gasteiger partial charge in [-0.05, 0) is 0 Å². The number of phosphoric ester groups is 1. The fourth-order valence-corrected chi connectivity index (χ4v) is 1.66. The number of nitrogens with zero attached hydrogens (tertiary/aromatic N) is 1. The average molecular weight is 258 g/mol. The molecule has 0 aliphatic rings. The van der Waals surface area contributed by atoms with Crippen molar-refractivity contribution in [2.24, 2.45) is 0 Å². The van der Waals surface area contributed by atoms with Crippen LogP contribution in [0.15, 0.2) is 0 Å². The van der Waals surface area contributed by atoms with Gasteiger partial charge in [0, 0.05) is 0 Å². The molecule has 98 valence electrons. The van der Waals surface area contributed by atoms with Crippen molar-refractivity contribution in [3.05, 3.63) is 0 Å². The lowest BCUT2D eigenvalue weighted by atomic mass is 10.4. The Morgan fingerprint density at radius 3 is 2.12 bits per heavy atom. The minimum absolute atomic E-state index is 0.0564. The van der Waals surface area contributed by atoms with E-state index in [0.717, 1.165) is 0 Å². The number of quaternary nitrogens is 1. The molecule has 0 radical (unpaired) electrons. The number of hydrogen-bond donors (Lipinski definition) is 3. The third kappa shape index (κ3) is 8.18. The SMILES string of the molecule is C[N+](C)(C)CCOP(=O)(O)OC(CO)CO. The van der Waals surface area contributed by atoms with Gasteiger partial charge in [-0.1, -0.05) is 0 Å². The zero-order valence-corrected chi connectivity index (χ0v) is 10.8. The van der Waals surface area contributed by atoms with Gasteiger partial charge in [0.2, 0.25) is 0 Å². The van der Waals surface area contributed by atoms with Gasteiger partial charge < -0.3 is 19.6 Å². The highest BCUT2D eigenvalue weighted by atomic mass is 31.2. The summed E-state index contributed by atoms with van der Waals surface area (Å²) in [6, 6.07) is 0. The van der Waals surface area contributed by atoms with Gasteiger partial charge in [-0.15, -0.1) is 0 Å². The third-order valence-corrected chi connectivity index (χ3v) is 2.78. The maximum Gasteiger partial charge on any atom is 0.472 e. The molecule has 1 atom stereocenters. The molecule has 7 nitrogen and oxygen atoms in total. The Kier molecular flexibility index (Phi) is 6.65. The van der Waals surface area contributed by atoms with Crippen molar-refractivity contribution >= 4 is 7.82 Å². The first-order valence-corrected chi connectivity index (χ1v) is 6.37. The number of phosphoric acid groups is 1. The molecule has 0 aliphatic carbocycles. The Balaban J connectivity index is 4.00. The highest BCUT2D eigenvalue weighted by Gasteiger charge is 2.26. The molecule has 0 rings (SSSR count). The quantitative estimate of drug-likeness (QED) is 0.389. The highest BCUT2D eigenvalue weighted by Crippen LogP contribution is 2.44. The summed E-state index contributed by atoms with van der Waals surface area (Å²) in [5, 5.41) is 17.3. The lowest BCUT2D eigenvalue weighted by Crippen LogP contribution is -2.37. The number of aliphatic hydroxyl groups excluding tert-OH is 2. The second kappa shape index (κ2) is 6.66. The second-order valence-electron chi connectivity index (χ2n) is 4.41. The molecule has 0 aliphatic heterocycles. The Bertz CT molecular complexity index is 237. The van der Waals surface area contributed by atoms with Crippen LogP contribution in [0.1, 0.15) is 0 Å². The molecule has 16 heavy (non-hydrogen) atoms. The molecule has 0 bridgehead atoms. The van der Waals surface area contributed by atoms with E-state index in [1.54, 1.807) is 0 Å². The van der Waals surface area contributed by atoms with Gasteiger partial charge in [0.1, 0.15) is 19.3 Å². The summed E-state index contributed by atoms with van der Waals surface area (Å²) in [7, 11) is 1.54. The maximum atomic E-state index is 11.3. The smallest absolute Gasteiger partial charge is 0.394 e. The van der Waals surface area contributed by atoms with Gasteiger partial charge in [-0.2, -0.15) is 0 Å². The number of rotatable bonds is 8. The van der Waals surface area contributed by atoms with Crippen LogP contribution < -0.4 is 0 Å². The zero-order chi connectivity index (χ0) is 12.8. The van der Waals surface area contributed by atoms with Crippen molar-refractivity contribution in [2.45, 2.75) is 6.10 Å². The van der Waals surface area contributed by atoms with E-state index in [2.05, 4.69) is 4.52 Å². The van der Waals surface area contributed by atoms with Gasteiger partial charge in [-0.3, -0.25) is 9.05 Å². The van der Waals surface area contributed by atoms with Crippen LogP contribution >= 0.6 is 7.82 Å². The molecular weight excluding hydrogens is 237 g/mol. The van der Waals surface area contributed by atoms with Crippen LogP contribution in [-0.2, 0) is 13.6 Å². The molecule has 0 amide bonds. The van der Waals surface area contributed by atoms with Crippen LogP contribution in [0.3, 0.4) is 0 Å². The maximum absolute atomic E-state index is 11.3. The minimum atomic E-state index is -4.20. The van der Waals surface area contributed by atoms with E-state index < -0.39 is 27.1 Å². The van der Waals surface area contributed by atoms with Gasteiger partial charge in [0.25, 0.3) is 0 Å². The first-order valence-electron chi connectivity index (χ1n) is 4.88. The van der Waals surface area contributed by atoms with Crippen LogP contribution in [0.4, 0.5) is 0 Å². The van der Waals surface area contributed by atoms with Gasteiger partial charge >= 0.3 is 7.82 Å². The Labute approximate surface area is 95.4 Å². The van der Waals surface area contributed by atoms with E-state index in [9.17, 15) is 9.46 Å². The molecule has 0 aromatic heterocycles. The van der Waals surface area contributed by atoms with Crippen LogP contribution in [0.25, 0.3) is 0 Å². The zero-order valence-electron chi connectivity index (χ0n) is 9.87. The first-order chi connectivity index (χ1) is 7.20. The lowest BCUT2D eigenvalue weighted by Gasteiger charge is -2.24. The number of hydrogen-bond acceptors (Lipinski definition) is 5. The van der Waals surface area contributed by atoms with Gasteiger partial charge in [0.15, 0.2) is 0 Å². The Hall–Kier alpha value is -0.0100. The van der Waals surface area contributed by atoms with E-state index >= 15 is 0 Å². The summed E-state index contributed by atoms with van der Waals surface area (Å²) in [6.45, 7) is -0.489. The normalized spacial score (nSPS) is 16.4. The highest BCUT2D eigenvalue weighted by molar-refractivity contribution is 7.47. The summed E-state index contributed by atoms with van der Waals surface area (Å²) in [5.74, 6) is 0. The molecule has 0 aromatic carbocycles. The second-order valence-corrected chi connectivity index (χ2v) is 5.81. The fraction of sp³-hybridized carbons (Fsp3) is 1.00. The average Bonchev–Trinajstić information content (AvgIpc) is 2.11. The molecule has 8 heteroatoms. The molecule has 1 unspecified atom stereocenters. The van der Waals surface area contributed by atoms with Crippen molar-refractivity contribution < 1.29 is 33.2 Å². The van der Waals surface area contributed by atoms with Crippen molar-refractivity contribution in [3.63, 3.8) is 0 Å². The largest absolute Gasteiger partial charge is 0.472 e. The predicted octanol–water partition coefficient (Wildman–Crippen LogP) is -0.821. The third-order valence-electron chi connectivity index (χ3n) is 1.71. The minimum Gasteiger partial charge on any atom is -0.394 e. The molecular formula is C8H21NO6P+. The van der Waals surface area contributed by atoms with E-state index in [4.69, 9.17) is 14.7 Å². The Morgan fingerprint density at radius 1 is 1.25 bits per heavy atom. The molecule has 0 saturated heterocycles.